The maximum absolute atomic E-state index is 2.50. The Morgan fingerprint density at radius 1 is 0.704 bits per heavy atom. The zero-order chi connectivity index (χ0) is 18.4. The SMILES string of the molecule is CCC(C)n1c2ccccc2c2cc(-c3cccc4ccccc34)ccc21. The first kappa shape index (κ1) is 16.1. The van der Waals surface area contributed by atoms with Crippen molar-refractivity contribution in [1.82, 2.24) is 4.57 Å². The predicted octanol–water partition coefficient (Wildman–Crippen LogP) is 7.59. The molecule has 0 N–H and O–H groups in total. The molecule has 1 aromatic heterocycles. The van der Waals surface area contributed by atoms with Crippen molar-refractivity contribution < 1.29 is 0 Å². The molecule has 1 heteroatoms. The molecule has 0 bridgehead atoms. The summed E-state index contributed by atoms with van der Waals surface area (Å²) >= 11 is 0. The number of benzene rings is 4. The highest BCUT2D eigenvalue weighted by Gasteiger charge is 2.15. The van der Waals surface area contributed by atoms with Gasteiger partial charge in [-0.2, -0.15) is 0 Å². The third-order valence-electron chi connectivity index (χ3n) is 5.84. The maximum Gasteiger partial charge on any atom is 0.0494 e. The molecule has 0 saturated heterocycles. The second-order valence-electron chi connectivity index (χ2n) is 7.40. The largest absolute Gasteiger partial charge is 0.338 e. The fourth-order valence-electron chi connectivity index (χ4n) is 4.31. The highest BCUT2D eigenvalue weighted by atomic mass is 15.0. The summed E-state index contributed by atoms with van der Waals surface area (Å²) in [6.45, 7) is 4.57. The normalized spacial score (nSPS) is 12.8. The van der Waals surface area contributed by atoms with Crippen molar-refractivity contribution in [3.05, 3.63) is 84.9 Å². The van der Waals surface area contributed by atoms with Crippen LogP contribution in [0.15, 0.2) is 84.9 Å². The lowest BCUT2D eigenvalue weighted by Gasteiger charge is -2.15. The van der Waals surface area contributed by atoms with Crippen LogP contribution in [0, 0.1) is 0 Å². The molecule has 0 saturated carbocycles. The molecule has 1 heterocycles. The van der Waals surface area contributed by atoms with Gasteiger partial charge in [0.15, 0.2) is 0 Å². The van der Waals surface area contributed by atoms with E-state index in [1.54, 1.807) is 0 Å². The predicted molar refractivity (Wildman–Crippen MR) is 117 cm³/mol. The van der Waals surface area contributed by atoms with Crippen LogP contribution in [0.1, 0.15) is 26.3 Å². The second-order valence-corrected chi connectivity index (χ2v) is 7.40. The number of nitrogens with zero attached hydrogens (tertiary/aromatic N) is 1. The van der Waals surface area contributed by atoms with E-state index in [1.807, 2.05) is 0 Å². The van der Waals surface area contributed by atoms with Crippen molar-refractivity contribution in [2.75, 3.05) is 0 Å². The summed E-state index contributed by atoms with van der Waals surface area (Å²) in [4.78, 5) is 0. The van der Waals surface area contributed by atoms with Gasteiger partial charge in [-0.25, -0.2) is 0 Å². The summed E-state index contributed by atoms with van der Waals surface area (Å²) in [5, 5.41) is 5.29. The molecule has 1 nitrogen and oxygen atoms in total. The molecule has 0 aliphatic rings. The number of fused-ring (bicyclic) bond motifs is 4. The van der Waals surface area contributed by atoms with Gasteiger partial charge in [-0.1, -0.05) is 73.7 Å². The fraction of sp³-hybridized carbons (Fsp3) is 0.154. The molecule has 0 fully saturated rings. The molecule has 0 aliphatic carbocycles. The zero-order valence-corrected chi connectivity index (χ0v) is 15.8. The van der Waals surface area contributed by atoms with Gasteiger partial charge in [0.05, 0.1) is 0 Å². The van der Waals surface area contributed by atoms with Gasteiger partial charge < -0.3 is 4.57 Å². The van der Waals surface area contributed by atoms with Crippen LogP contribution in [0.4, 0.5) is 0 Å². The lowest BCUT2D eigenvalue weighted by Crippen LogP contribution is -2.02. The van der Waals surface area contributed by atoms with Crippen LogP contribution < -0.4 is 0 Å². The quantitative estimate of drug-likeness (QED) is 0.316. The first-order valence-electron chi connectivity index (χ1n) is 9.78. The first-order chi connectivity index (χ1) is 13.3. The van der Waals surface area contributed by atoms with Gasteiger partial charge in [0.1, 0.15) is 0 Å². The Balaban J connectivity index is 1.83. The van der Waals surface area contributed by atoms with Crippen LogP contribution in [-0.4, -0.2) is 4.57 Å². The topological polar surface area (TPSA) is 4.93 Å². The van der Waals surface area contributed by atoms with E-state index in [2.05, 4.69) is 103 Å². The molecular weight excluding hydrogens is 326 g/mol. The third-order valence-corrected chi connectivity index (χ3v) is 5.84. The standard InChI is InChI=1S/C26H23N/c1-3-18(2)27-25-14-7-6-12-23(25)24-17-20(15-16-26(24)27)22-13-8-10-19-9-4-5-11-21(19)22/h4-18H,3H2,1-2H3. The summed E-state index contributed by atoms with van der Waals surface area (Å²) in [6.07, 6.45) is 1.12. The van der Waals surface area contributed by atoms with E-state index in [0.29, 0.717) is 6.04 Å². The number of hydrogen-bond donors (Lipinski definition) is 0. The fourth-order valence-corrected chi connectivity index (χ4v) is 4.31. The smallest absolute Gasteiger partial charge is 0.0494 e. The van der Waals surface area contributed by atoms with E-state index < -0.39 is 0 Å². The molecular formula is C26H23N. The number of para-hydroxylation sites is 1. The molecule has 5 aromatic rings. The minimum Gasteiger partial charge on any atom is -0.338 e. The zero-order valence-electron chi connectivity index (χ0n) is 15.8. The van der Waals surface area contributed by atoms with Crippen LogP contribution in [-0.2, 0) is 0 Å². The molecule has 132 valence electrons. The minimum atomic E-state index is 0.482. The Morgan fingerprint density at radius 3 is 2.26 bits per heavy atom. The Kier molecular flexibility index (Phi) is 3.75. The van der Waals surface area contributed by atoms with Crippen molar-refractivity contribution in [1.29, 1.82) is 0 Å². The summed E-state index contributed by atoms with van der Waals surface area (Å²) in [5.74, 6) is 0. The number of aromatic nitrogens is 1. The molecule has 0 spiro atoms. The molecule has 27 heavy (non-hydrogen) atoms. The summed E-state index contributed by atoms with van der Waals surface area (Å²) < 4.78 is 2.50. The maximum atomic E-state index is 2.50. The van der Waals surface area contributed by atoms with E-state index in [1.165, 1.54) is 43.7 Å². The molecule has 1 atom stereocenters. The van der Waals surface area contributed by atoms with E-state index in [-0.39, 0.29) is 0 Å². The molecule has 0 radical (unpaired) electrons. The Labute approximate surface area is 159 Å². The number of rotatable bonds is 3. The molecule has 5 rings (SSSR count). The number of hydrogen-bond acceptors (Lipinski definition) is 0. The average Bonchev–Trinajstić information content (AvgIpc) is 3.06. The van der Waals surface area contributed by atoms with Gasteiger partial charge in [-0.05, 0) is 53.4 Å². The van der Waals surface area contributed by atoms with Gasteiger partial charge in [0.2, 0.25) is 0 Å². The van der Waals surface area contributed by atoms with E-state index >= 15 is 0 Å². The highest BCUT2D eigenvalue weighted by molar-refractivity contribution is 6.10. The Morgan fingerprint density at radius 2 is 1.41 bits per heavy atom. The molecule has 0 aliphatic heterocycles. The summed E-state index contributed by atoms with van der Waals surface area (Å²) in [7, 11) is 0. The van der Waals surface area contributed by atoms with Gasteiger partial charge in [0, 0.05) is 27.8 Å². The van der Waals surface area contributed by atoms with E-state index in [9.17, 15) is 0 Å². The monoisotopic (exact) mass is 349 g/mol. The minimum absolute atomic E-state index is 0.482. The van der Waals surface area contributed by atoms with Gasteiger partial charge in [-0.3, -0.25) is 0 Å². The highest BCUT2D eigenvalue weighted by Crippen LogP contribution is 2.36. The third kappa shape index (κ3) is 2.46. The lowest BCUT2D eigenvalue weighted by atomic mass is 9.97. The van der Waals surface area contributed by atoms with Gasteiger partial charge in [0.25, 0.3) is 0 Å². The van der Waals surface area contributed by atoms with Crippen LogP contribution >= 0.6 is 0 Å². The van der Waals surface area contributed by atoms with Crippen molar-refractivity contribution in [3.63, 3.8) is 0 Å². The van der Waals surface area contributed by atoms with Crippen molar-refractivity contribution in [2.45, 2.75) is 26.3 Å². The van der Waals surface area contributed by atoms with Gasteiger partial charge in [-0.15, -0.1) is 0 Å². The van der Waals surface area contributed by atoms with Crippen LogP contribution in [0.25, 0.3) is 43.7 Å². The van der Waals surface area contributed by atoms with Crippen molar-refractivity contribution in [3.8, 4) is 11.1 Å². The van der Waals surface area contributed by atoms with Crippen molar-refractivity contribution >= 4 is 32.6 Å². The van der Waals surface area contributed by atoms with Crippen molar-refractivity contribution in [2.24, 2.45) is 0 Å². The van der Waals surface area contributed by atoms with Gasteiger partial charge >= 0.3 is 0 Å². The van der Waals surface area contributed by atoms with Crippen LogP contribution in [0.3, 0.4) is 0 Å². The second kappa shape index (κ2) is 6.28. The van der Waals surface area contributed by atoms with E-state index in [0.717, 1.165) is 6.42 Å². The van der Waals surface area contributed by atoms with E-state index in [4.69, 9.17) is 0 Å². The Hall–Kier alpha value is -3.06. The molecule has 0 amide bonds. The summed E-state index contributed by atoms with van der Waals surface area (Å²) in [6, 6.07) is 31.4. The average molecular weight is 349 g/mol. The lowest BCUT2D eigenvalue weighted by molar-refractivity contribution is 0.563. The first-order valence-corrected chi connectivity index (χ1v) is 9.78. The van der Waals surface area contributed by atoms with Crippen LogP contribution in [0.5, 0.6) is 0 Å². The Bertz CT molecular complexity index is 1270. The summed E-state index contributed by atoms with van der Waals surface area (Å²) in [5.41, 5.74) is 5.24. The van der Waals surface area contributed by atoms with Crippen LogP contribution in [0.2, 0.25) is 0 Å². The molecule has 1 unspecified atom stereocenters. The molecule has 4 aromatic carbocycles.